The van der Waals surface area contributed by atoms with E-state index < -0.39 is 30.9 Å². The first-order chi connectivity index (χ1) is 8.02. The van der Waals surface area contributed by atoms with Crippen LogP contribution in [-0.4, -0.2) is 35.2 Å². The molecule has 0 heterocycles. The summed E-state index contributed by atoms with van der Waals surface area (Å²) in [6, 6.07) is 2.47. The fourth-order valence-corrected chi connectivity index (χ4v) is 2.19. The summed E-state index contributed by atoms with van der Waals surface area (Å²) < 4.78 is 61.1. The molecule has 1 aromatic carbocycles. The Morgan fingerprint density at radius 1 is 1.17 bits per heavy atom. The molecule has 0 amide bonds. The highest BCUT2D eigenvalue weighted by atomic mass is 32.2. The van der Waals surface area contributed by atoms with Crippen LogP contribution in [-0.2, 0) is 20.2 Å². The lowest BCUT2D eigenvalue weighted by atomic mass is 10.3. The first kappa shape index (κ1) is 14.8. The van der Waals surface area contributed by atoms with Crippen LogP contribution >= 0.6 is 0 Å². The summed E-state index contributed by atoms with van der Waals surface area (Å²) in [5.74, 6) is -0.919. The summed E-state index contributed by atoms with van der Waals surface area (Å²) in [5.41, 5.74) is -0.229. The number of benzene rings is 1. The van der Waals surface area contributed by atoms with Crippen LogP contribution in [0.5, 0.6) is 0 Å². The van der Waals surface area contributed by atoms with Crippen molar-refractivity contribution in [1.82, 2.24) is 4.31 Å². The summed E-state index contributed by atoms with van der Waals surface area (Å²) >= 11 is 0. The number of primary sulfonamides is 1. The second-order valence-electron chi connectivity index (χ2n) is 3.61. The molecule has 0 spiro atoms. The summed E-state index contributed by atoms with van der Waals surface area (Å²) in [6.07, 6.45) is 0. The summed E-state index contributed by atoms with van der Waals surface area (Å²) in [4.78, 5) is -0.515. The van der Waals surface area contributed by atoms with E-state index >= 15 is 0 Å². The molecule has 18 heavy (non-hydrogen) atoms. The van der Waals surface area contributed by atoms with Gasteiger partial charge < -0.3 is 0 Å². The first-order valence-electron chi connectivity index (χ1n) is 4.56. The van der Waals surface area contributed by atoms with Crippen molar-refractivity contribution in [3.05, 3.63) is 24.0 Å². The molecule has 0 radical (unpaired) electrons. The SMILES string of the molecule is CN(C)S(=O)(=O)Nc1cc(F)cc(S(N)(=O)=O)c1. The highest BCUT2D eigenvalue weighted by molar-refractivity contribution is 7.90. The smallest absolute Gasteiger partial charge is 0.271 e. The monoisotopic (exact) mass is 297 g/mol. The van der Waals surface area contributed by atoms with Crippen LogP contribution in [0, 0.1) is 5.82 Å². The standard InChI is InChI=1S/C8H12FN3O4S2/c1-12(2)18(15,16)11-7-3-6(9)4-8(5-7)17(10,13)14/h3-5,11H,1-2H3,(H2,10,13,14). The van der Waals surface area contributed by atoms with Crippen molar-refractivity contribution in [3.63, 3.8) is 0 Å². The maximum atomic E-state index is 13.2. The number of hydrogen-bond donors (Lipinski definition) is 2. The Labute approximate surface area is 105 Å². The summed E-state index contributed by atoms with van der Waals surface area (Å²) in [7, 11) is -5.43. The minimum atomic E-state index is -4.11. The number of nitrogens with two attached hydrogens (primary N) is 1. The van der Waals surface area contributed by atoms with Crippen LogP contribution in [0.4, 0.5) is 10.1 Å². The van der Waals surface area contributed by atoms with Crippen LogP contribution in [0.25, 0.3) is 0 Å². The molecule has 0 bridgehead atoms. The van der Waals surface area contributed by atoms with Gasteiger partial charge in [0.2, 0.25) is 10.0 Å². The van der Waals surface area contributed by atoms with E-state index in [1.165, 1.54) is 14.1 Å². The van der Waals surface area contributed by atoms with Gasteiger partial charge in [-0.25, -0.2) is 17.9 Å². The van der Waals surface area contributed by atoms with Crippen molar-refractivity contribution < 1.29 is 21.2 Å². The Hall–Kier alpha value is -1.23. The number of anilines is 1. The quantitative estimate of drug-likeness (QED) is 0.794. The van der Waals surface area contributed by atoms with Gasteiger partial charge in [-0.3, -0.25) is 4.72 Å². The van der Waals surface area contributed by atoms with Gasteiger partial charge >= 0.3 is 10.2 Å². The number of sulfonamides is 1. The lowest BCUT2D eigenvalue weighted by molar-refractivity contribution is 0.526. The molecular weight excluding hydrogens is 285 g/mol. The molecule has 7 nitrogen and oxygen atoms in total. The maximum absolute atomic E-state index is 13.2. The number of nitrogens with one attached hydrogen (secondary N) is 1. The summed E-state index contributed by atoms with van der Waals surface area (Å²) in [6.45, 7) is 0. The van der Waals surface area contributed by atoms with Gasteiger partial charge in [0.25, 0.3) is 0 Å². The van der Waals surface area contributed by atoms with Gasteiger partial charge in [0.1, 0.15) is 5.82 Å². The van der Waals surface area contributed by atoms with E-state index in [0.29, 0.717) is 6.07 Å². The van der Waals surface area contributed by atoms with Gasteiger partial charge in [-0.15, -0.1) is 0 Å². The van der Waals surface area contributed by atoms with Gasteiger partial charge in [0.05, 0.1) is 10.6 Å². The Bertz CT molecular complexity index is 655. The molecule has 0 fully saturated rings. The Morgan fingerprint density at radius 2 is 1.72 bits per heavy atom. The molecule has 1 aromatic rings. The van der Waals surface area contributed by atoms with Crippen LogP contribution in [0.3, 0.4) is 0 Å². The zero-order valence-corrected chi connectivity index (χ0v) is 11.2. The Morgan fingerprint density at radius 3 is 2.17 bits per heavy atom. The highest BCUT2D eigenvalue weighted by Gasteiger charge is 2.16. The number of nitrogens with zero attached hydrogens (tertiary/aromatic N) is 1. The number of halogens is 1. The fourth-order valence-electron chi connectivity index (χ4n) is 1.03. The highest BCUT2D eigenvalue weighted by Crippen LogP contribution is 2.18. The van der Waals surface area contributed by atoms with Gasteiger partial charge in [0, 0.05) is 14.1 Å². The van der Waals surface area contributed by atoms with E-state index in [1.54, 1.807) is 0 Å². The fraction of sp³-hybridized carbons (Fsp3) is 0.250. The predicted octanol–water partition coefficient (Wildman–Crippen LogP) is -0.309. The molecule has 0 aliphatic carbocycles. The maximum Gasteiger partial charge on any atom is 0.301 e. The van der Waals surface area contributed by atoms with Gasteiger partial charge in [-0.2, -0.15) is 12.7 Å². The third-order valence-electron chi connectivity index (χ3n) is 1.93. The molecule has 0 aliphatic rings. The second kappa shape index (κ2) is 4.80. The minimum absolute atomic E-state index is 0.229. The average Bonchev–Trinajstić information content (AvgIpc) is 2.13. The Kier molecular flexibility index (Phi) is 3.96. The van der Waals surface area contributed by atoms with Crippen molar-refractivity contribution in [2.75, 3.05) is 18.8 Å². The third kappa shape index (κ3) is 3.63. The van der Waals surface area contributed by atoms with E-state index in [0.717, 1.165) is 16.4 Å². The second-order valence-corrected chi connectivity index (χ2v) is 7.06. The lowest BCUT2D eigenvalue weighted by Gasteiger charge is -2.13. The van der Waals surface area contributed by atoms with Crippen molar-refractivity contribution >= 4 is 25.9 Å². The van der Waals surface area contributed by atoms with Gasteiger partial charge in [0.15, 0.2) is 0 Å². The molecule has 3 N–H and O–H groups in total. The van der Waals surface area contributed by atoms with E-state index in [2.05, 4.69) is 0 Å². The van der Waals surface area contributed by atoms with E-state index in [1.807, 2.05) is 4.72 Å². The van der Waals surface area contributed by atoms with E-state index in [-0.39, 0.29) is 5.69 Å². The van der Waals surface area contributed by atoms with Crippen molar-refractivity contribution in [2.24, 2.45) is 5.14 Å². The zero-order valence-electron chi connectivity index (χ0n) is 9.58. The molecule has 0 saturated carbocycles. The molecule has 0 atom stereocenters. The molecule has 0 unspecified atom stereocenters. The zero-order chi connectivity index (χ0) is 14.1. The van der Waals surface area contributed by atoms with Crippen molar-refractivity contribution in [1.29, 1.82) is 0 Å². The molecular formula is C8H12FN3O4S2. The number of rotatable bonds is 4. The molecule has 10 heteroatoms. The molecule has 0 aromatic heterocycles. The van der Waals surface area contributed by atoms with Crippen LogP contribution in [0.2, 0.25) is 0 Å². The van der Waals surface area contributed by atoms with E-state index in [4.69, 9.17) is 5.14 Å². The molecule has 0 saturated heterocycles. The summed E-state index contributed by atoms with van der Waals surface area (Å²) in [5, 5.41) is 4.84. The lowest BCUT2D eigenvalue weighted by Crippen LogP contribution is -2.29. The number of hydrogen-bond acceptors (Lipinski definition) is 4. The topological polar surface area (TPSA) is 110 Å². The Balaban J connectivity index is 3.25. The van der Waals surface area contributed by atoms with Crippen LogP contribution in [0.1, 0.15) is 0 Å². The van der Waals surface area contributed by atoms with Crippen molar-refractivity contribution in [2.45, 2.75) is 4.90 Å². The van der Waals surface area contributed by atoms with Crippen LogP contribution in [0.15, 0.2) is 23.1 Å². The van der Waals surface area contributed by atoms with E-state index in [9.17, 15) is 21.2 Å². The normalized spacial score (nSPS) is 12.7. The third-order valence-corrected chi connectivity index (χ3v) is 4.28. The predicted molar refractivity (Wildman–Crippen MR) is 64.0 cm³/mol. The van der Waals surface area contributed by atoms with Gasteiger partial charge in [-0.1, -0.05) is 0 Å². The minimum Gasteiger partial charge on any atom is -0.271 e. The molecule has 102 valence electrons. The first-order valence-corrected chi connectivity index (χ1v) is 7.55. The largest absolute Gasteiger partial charge is 0.301 e. The van der Waals surface area contributed by atoms with Crippen LogP contribution < -0.4 is 9.86 Å². The average molecular weight is 297 g/mol. The molecule has 0 aliphatic heterocycles. The van der Waals surface area contributed by atoms with Gasteiger partial charge in [-0.05, 0) is 18.2 Å². The van der Waals surface area contributed by atoms with Crippen molar-refractivity contribution in [3.8, 4) is 0 Å². The molecule has 1 rings (SSSR count).